The van der Waals surface area contributed by atoms with Crippen molar-refractivity contribution < 1.29 is 9.90 Å². The van der Waals surface area contributed by atoms with Gasteiger partial charge in [-0.3, -0.25) is 4.79 Å². The zero-order valence-corrected chi connectivity index (χ0v) is 17.6. The van der Waals surface area contributed by atoms with Gasteiger partial charge >= 0.3 is 0 Å². The Morgan fingerprint density at radius 3 is 2.76 bits per heavy atom. The zero-order chi connectivity index (χ0) is 20.3. The highest BCUT2D eigenvalue weighted by atomic mass is 32.2. The number of thiazole rings is 1. The quantitative estimate of drug-likeness (QED) is 0.610. The van der Waals surface area contributed by atoms with Crippen molar-refractivity contribution in [2.45, 2.75) is 23.1 Å². The zero-order valence-electron chi connectivity index (χ0n) is 16.0. The van der Waals surface area contributed by atoms with Crippen LogP contribution in [0.3, 0.4) is 0 Å². The minimum Gasteiger partial charge on any atom is -0.388 e. The van der Waals surface area contributed by atoms with Gasteiger partial charge in [-0.1, -0.05) is 30.3 Å². The first-order chi connectivity index (χ1) is 14.1. The average molecular weight is 427 g/mol. The minimum absolute atomic E-state index is 0.229. The maximum Gasteiger partial charge on any atom is 0.254 e. The number of aliphatic hydroxyl groups excluding tert-OH is 1. The summed E-state index contributed by atoms with van der Waals surface area (Å²) < 4.78 is 0. The third-order valence-corrected chi connectivity index (χ3v) is 6.81. The normalized spacial score (nSPS) is 21.7. The van der Waals surface area contributed by atoms with Crippen LogP contribution in [0.5, 0.6) is 0 Å². The number of amides is 1. The van der Waals surface area contributed by atoms with Gasteiger partial charge in [-0.15, -0.1) is 23.1 Å². The summed E-state index contributed by atoms with van der Waals surface area (Å²) in [5.41, 5.74) is 0.538. The fourth-order valence-electron chi connectivity index (χ4n) is 3.77. The third-order valence-electron chi connectivity index (χ3n) is 5.26. The number of hydrogen-bond donors (Lipinski definition) is 2. The number of carbonyl (C=O) groups excluding carboxylic acids is 1. The van der Waals surface area contributed by atoms with Gasteiger partial charge in [-0.25, -0.2) is 9.97 Å². The van der Waals surface area contributed by atoms with Gasteiger partial charge in [0.15, 0.2) is 5.13 Å². The molecule has 3 aromatic rings. The first-order valence-electron chi connectivity index (χ1n) is 9.33. The number of anilines is 1. The highest BCUT2D eigenvalue weighted by Gasteiger charge is 2.45. The van der Waals surface area contributed by atoms with Crippen LogP contribution >= 0.6 is 23.1 Å². The Balaban J connectivity index is 1.67. The SMILES string of the molecule is CSc1ncccc1C(=O)N[C@@]1(c2ccccc2)CCN(c2nccs2)C[C@H]1O. The molecular weight excluding hydrogens is 404 g/mol. The molecule has 150 valence electrons. The third kappa shape index (κ3) is 3.88. The van der Waals surface area contributed by atoms with Gasteiger partial charge in [-0.2, -0.15) is 0 Å². The molecule has 2 N–H and O–H groups in total. The summed E-state index contributed by atoms with van der Waals surface area (Å²) in [6, 6.07) is 13.2. The van der Waals surface area contributed by atoms with E-state index in [0.717, 1.165) is 10.7 Å². The van der Waals surface area contributed by atoms with Crippen LogP contribution in [0.1, 0.15) is 22.3 Å². The first kappa shape index (κ1) is 19.9. The number of rotatable bonds is 5. The molecule has 1 aliphatic rings. The van der Waals surface area contributed by atoms with E-state index in [1.165, 1.54) is 11.8 Å². The minimum atomic E-state index is -0.877. The number of carbonyl (C=O) groups is 1. The molecule has 1 amide bonds. The smallest absolute Gasteiger partial charge is 0.254 e. The number of nitrogens with zero attached hydrogens (tertiary/aromatic N) is 3. The van der Waals surface area contributed by atoms with Crippen LogP contribution in [0.2, 0.25) is 0 Å². The van der Waals surface area contributed by atoms with E-state index in [9.17, 15) is 9.90 Å². The molecule has 0 unspecified atom stereocenters. The summed E-state index contributed by atoms with van der Waals surface area (Å²) in [6.45, 7) is 1.08. The molecule has 6 nitrogen and oxygen atoms in total. The maximum atomic E-state index is 13.2. The number of piperidine rings is 1. The van der Waals surface area contributed by atoms with E-state index in [4.69, 9.17) is 0 Å². The summed E-state index contributed by atoms with van der Waals surface area (Å²) >= 11 is 2.98. The molecule has 4 rings (SSSR count). The molecular formula is C21H22N4O2S2. The van der Waals surface area contributed by atoms with E-state index in [1.807, 2.05) is 42.0 Å². The molecule has 1 aromatic carbocycles. The predicted molar refractivity (Wildman–Crippen MR) is 117 cm³/mol. The predicted octanol–water partition coefficient (Wildman–Crippen LogP) is 3.16. The van der Waals surface area contributed by atoms with E-state index in [0.29, 0.717) is 30.1 Å². The Bertz CT molecular complexity index is 968. The van der Waals surface area contributed by atoms with Gasteiger partial charge < -0.3 is 15.3 Å². The number of aliphatic hydroxyl groups is 1. The number of nitrogens with one attached hydrogen (secondary N) is 1. The summed E-state index contributed by atoms with van der Waals surface area (Å²) in [6.07, 6.45) is 5.11. The Morgan fingerprint density at radius 1 is 1.24 bits per heavy atom. The van der Waals surface area contributed by atoms with E-state index in [-0.39, 0.29) is 5.91 Å². The van der Waals surface area contributed by atoms with Crippen LogP contribution in [0.4, 0.5) is 5.13 Å². The van der Waals surface area contributed by atoms with Crippen molar-refractivity contribution in [1.82, 2.24) is 15.3 Å². The summed E-state index contributed by atoms with van der Waals surface area (Å²) in [5.74, 6) is -0.229. The van der Waals surface area contributed by atoms with E-state index >= 15 is 0 Å². The molecule has 2 aromatic heterocycles. The highest BCUT2D eigenvalue weighted by molar-refractivity contribution is 7.98. The molecule has 1 aliphatic heterocycles. The molecule has 0 radical (unpaired) electrons. The molecule has 1 saturated heterocycles. The lowest BCUT2D eigenvalue weighted by atomic mass is 9.78. The second kappa shape index (κ2) is 8.52. The topological polar surface area (TPSA) is 78.4 Å². The van der Waals surface area contributed by atoms with Gasteiger partial charge in [0.25, 0.3) is 5.91 Å². The monoisotopic (exact) mass is 426 g/mol. The van der Waals surface area contributed by atoms with E-state index in [2.05, 4.69) is 20.2 Å². The van der Waals surface area contributed by atoms with Crippen molar-refractivity contribution in [2.75, 3.05) is 24.2 Å². The van der Waals surface area contributed by atoms with Crippen molar-refractivity contribution >= 4 is 34.1 Å². The Kier molecular flexibility index (Phi) is 5.84. The lowest BCUT2D eigenvalue weighted by molar-refractivity contribution is 0.0364. The highest BCUT2D eigenvalue weighted by Crippen LogP contribution is 2.36. The number of benzene rings is 1. The van der Waals surface area contributed by atoms with Gasteiger partial charge in [0.1, 0.15) is 5.03 Å². The molecule has 2 atom stereocenters. The number of aromatic nitrogens is 2. The molecule has 3 heterocycles. The maximum absolute atomic E-state index is 13.2. The lowest BCUT2D eigenvalue weighted by Crippen LogP contribution is -2.62. The van der Waals surface area contributed by atoms with Gasteiger partial charge in [0.05, 0.1) is 17.2 Å². The largest absolute Gasteiger partial charge is 0.388 e. The van der Waals surface area contributed by atoms with Crippen LogP contribution in [-0.4, -0.2) is 46.4 Å². The summed E-state index contributed by atoms with van der Waals surface area (Å²) in [4.78, 5) is 24.0. The molecule has 0 aliphatic carbocycles. The lowest BCUT2D eigenvalue weighted by Gasteiger charge is -2.46. The van der Waals surface area contributed by atoms with Crippen LogP contribution in [0.15, 0.2) is 65.3 Å². The van der Waals surface area contributed by atoms with E-state index in [1.54, 1.807) is 35.9 Å². The van der Waals surface area contributed by atoms with Crippen LogP contribution in [0.25, 0.3) is 0 Å². The standard InChI is InChI=1S/C21H22N4O2S2/c1-28-19-16(8-5-10-22-19)18(27)24-21(15-6-3-2-4-7-15)9-12-25(14-17(21)26)20-23-11-13-29-20/h2-8,10-11,13,17,26H,9,12,14H2,1H3,(H,24,27)/t17-,21-/m1/s1. The number of hydrogen-bond acceptors (Lipinski definition) is 7. The van der Waals surface area contributed by atoms with Gasteiger partial charge in [-0.05, 0) is 30.4 Å². The van der Waals surface area contributed by atoms with E-state index < -0.39 is 11.6 Å². The number of thioether (sulfide) groups is 1. The Labute approximate surface area is 178 Å². The van der Waals surface area contributed by atoms with Crippen molar-refractivity contribution in [3.63, 3.8) is 0 Å². The number of β-amino-alcohol motifs (C(OH)–C–C–N with tert-alkyl or cyclic N) is 1. The van der Waals surface area contributed by atoms with Gasteiger partial charge in [0.2, 0.25) is 0 Å². The Hall–Kier alpha value is -2.42. The van der Waals surface area contributed by atoms with Crippen molar-refractivity contribution in [3.05, 3.63) is 71.4 Å². The Morgan fingerprint density at radius 2 is 2.07 bits per heavy atom. The molecule has 0 bridgehead atoms. The fraction of sp³-hybridized carbons (Fsp3) is 0.286. The summed E-state index contributed by atoms with van der Waals surface area (Å²) in [5, 5.41) is 17.9. The second-order valence-corrected chi connectivity index (χ2v) is 8.55. The van der Waals surface area contributed by atoms with Crippen LogP contribution in [-0.2, 0) is 5.54 Å². The number of pyridine rings is 1. The second-order valence-electron chi connectivity index (χ2n) is 6.88. The molecule has 0 saturated carbocycles. The van der Waals surface area contributed by atoms with Crippen molar-refractivity contribution in [3.8, 4) is 0 Å². The van der Waals surface area contributed by atoms with Crippen LogP contribution < -0.4 is 10.2 Å². The first-order valence-corrected chi connectivity index (χ1v) is 11.4. The van der Waals surface area contributed by atoms with Crippen molar-refractivity contribution in [2.24, 2.45) is 0 Å². The molecule has 1 fully saturated rings. The fourth-order valence-corrected chi connectivity index (χ4v) is 4.99. The van der Waals surface area contributed by atoms with Crippen molar-refractivity contribution in [1.29, 1.82) is 0 Å². The molecule has 29 heavy (non-hydrogen) atoms. The van der Waals surface area contributed by atoms with Crippen LogP contribution in [0, 0.1) is 0 Å². The molecule has 8 heteroatoms. The van der Waals surface area contributed by atoms with Gasteiger partial charge in [0, 0.05) is 30.9 Å². The molecule has 0 spiro atoms. The summed E-state index contributed by atoms with van der Waals surface area (Å²) in [7, 11) is 0. The average Bonchev–Trinajstić information content (AvgIpc) is 3.30.